The summed E-state index contributed by atoms with van der Waals surface area (Å²) in [6.07, 6.45) is 3.45. The highest BCUT2D eigenvalue weighted by Crippen LogP contribution is 2.22. The minimum Gasteiger partial charge on any atom is -0.329 e. The number of nitrogens with two attached hydrogens (primary N) is 1. The van der Waals surface area contributed by atoms with Crippen molar-refractivity contribution >= 4 is 34.2 Å². The van der Waals surface area contributed by atoms with E-state index in [9.17, 15) is 4.79 Å². The molecule has 1 aliphatic rings. The van der Waals surface area contributed by atoms with Crippen molar-refractivity contribution in [3.63, 3.8) is 0 Å². The van der Waals surface area contributed by atoms with Gasteiger partial charge < -0.3 is 11.1 Å². The van der Waals surface area contributed by atoms with Crippen LogP contribution in [0.5, 0.6) is 0 Å². The molecule has 1 heterocycles. The number of carbonyl (C=O) groups excluding carboxylic acids is 1. The second kappa shape index (κ2) is 7.38. The summed E-state index contributed by atoms with van der Waals surface area (Å²) < 4.78 is 1.06. The van der Waals surface area contributed by atoms with Crippen LogP contribution in [-0.2, 0) is 4.79 Å². The molecule has 1 saturated heterocycles. The van der Waals surface area contributed by atoms with E-state index in [2.05, 4.69) is 39.7 Å². The predicted octanol–water partition coefficient (Wildman–Crippen LogP) is 2.43. The monoisotopic (exact) mass is 387 g/mol. The van der Waals surface area contributed by atoms with Crippen LogP contribution in [0.4, 0.5) is 5.69 Å². The summed E-state index contributed by atoms with van der Waals surface area (Å²) in [5, 5.41) is 2.99. The van der Waals surface area contributed by atoms with E-state index in [1.54, 1.807) is 0 Å². The average molecular weight is 387 g/mol. The van der Waals surface area contributed by atoms with Crippen LogP contribution in [0.2, 0.25) is 0 Å². The molecule has 110 valence electrons. The topological polar surface area (TPSA) is 58.4 Å². The van der Waals surface area contributed by atoms with Gasteiger partial charge in [0.15, 0.2) is 0 Å². The number of piperidine rings is 1. The molecule has 20 heavy (non-hydrogen) atoms. The highest BCUT2D eigenvalue weighted by molar-refractivity contribution is 14.1. The second-order valence-electron chi connectivity index (χ2n) is 5.37. The normalized spacial score (nSPS) is 23.6. The van der Waals surface area contributed by atoms with Crippen LogP contribution in [0, 0.1) is 3.57 Å². The first-order valence-electron chi connectivity index (χ1n) is 7.12. The lowest BCUT2D eigenvalue weighted by molar-refractivity contribution is -0.118. The van der Waals surface area contributed by atoms with Crippen LogP contribution in [0.1, 0.15) is 26.2 Å². The van der Waals surface area contributed by atoms with Crippen molar-refractivity contribution in [3.05, 3.63) is 27.8 Å². The van der Waals surface area contributed by atoms with Gasteiger partial charge in [0.1, 0.15) is 0 Å². The molecule has 0 spiro atoms. The molecular weight excluding hydrogens is 365 g/mol. The Hall–Kier alpha value is -0.660. The molecule has 4 nitrogen and oxygen atoms in total. The van der Waals surface area contributed by atoms with Crippen molar-refractivity contribution in [3.8, 4) is 0 Å². The van der Waals surface area contributed by atoms with Gasteiger partial charge in [-0.15, -0.1) is 0 Å². The third-order valence-electron chi connectivity index (χ3n) is 3.94. The van der Waals surface area contributed by atoms with Crippen LogP contribution in [-0.4, -0.2) is 36.0 Å². The van der Waals surface area contributed by atoms with Crippen LogP contribution in [0.3, 0.4) is 0 Å². The number of likely N-dealkylation sites (tertiary alicyclic amines) is 1. The van der Waals surface area contributed by atoms with Gasteiger partial charge in [0.25, 0.3) is 0 Å². The maximum absolute atomic E-state index is 12.2. The number of hydrogen-bond donors (Lipinski definition) is 2. The largest absolute Gasteiger partial charge is 0.329 e. The molecule has 0 aromatic heterocycles. The fraction of sp³-hybridized carbons (Fsp3) is 0.533. The van der Waals surface area contributed by atoms with Crippen molar-refractivity contribution in [1.82, 2.24) is 4.90 Å². The fourth-order valence-electron chi connectivity index (χ4n) is 2.80. The molecular formula is C15H22IN3O. The highest BCUT2D eigenvalue weighted by Gasteiger charge is 2.28. The Balaban J connectivity index is 1.98. The first kappa shape index (κ1) is 15.7. The van der Waals surface area contributed by atoms with Crippen molar-refractivity contribution in [2.45, 2.75) is 38.3 Å². The van der Waals surface area contributed by atoms with E-state index in [1.807, 2.05) is 24.3 Å². The Kier molecular flexibility index (Phi) is 5.80. The van der Waals surface area contributed by atoms with E-state index in [0.717, 1.165) is 22.1 Å². The molecule has 0 radical (unpaired) electrons. The number of carbonyl (C=O) groups is 1. The number of nitrogens with one attached hydrogen (secondary N) is 1. The van der Waals surface area contributed by atoms with E-state index in [-0.39, 0.29) is 5.91 Å². The van der Waals surface area contributed by atoms with Crippen LogP contribution < -0.4 is 11.1 Å². The minimum atomic E-state index is 0.0429. The molecule has 1 aromatic rings. The molecule has 5 heteroatoms. The van der Waals surface area contributed by atoms with Gasteiger partial charge in [-0.1, -0.05) is 18.6 Å². The lowest BCUT2D eigenvalue weighted by atomic mass is 9.96. The third-order valence-corrected chi connectivity index (χ3v) is 4.88. The van der Waals surface area contributed by atoms with Crippen LogP contribution >= 0.6 is 22.6 Å². The molecule has 2 atom stereocenters. The first-order chi connectivity index (χ1) is 9.61. The summed E-state index contributed by atoms with van der Waals surface area (Å²) in [7, 11) is 0. The van der Waals surface area contributed by atoms with Gasteiger partial charge in [-0.25, -0.2) is 0 Å². The molecule has 1 aromatic carbocycles. The number of benzene rings is 1. The van der Waals surface area contributed by atoms with Crippen molar-refractivity contribution in [2.75, 3.05) is 18.4 Å². The number of para-hydroxylation sites is 1. The molecule has 0 bridgehead atoms. The van der Waals surface area contributed by atoms with Crippen molar-refractivity contribution in [1.29, 1.82) is 0 Å². The molecule has 3 N–H and O–H groups in total. The molecule has 1 amide bonds. The van der Waals surface area contributed by atoms with E-state index >= 15 is 0 Å². The SMILES string of the molecule is CC1CCCC(CN)N1CC(=O)Nc1ccccc1I. The standard InChI is InChI=1S/C15H22IN3O/c1-11-5-4-6-12(9-17)19(11)10-15(20)18-14-8-3-2-7-13(14)16/h2-3,7-8,11-12H,4-6,9-10,17H2,1H3,(H,18,20). The molecule has 2 rings (SSSR count). The summed E-state index contributed by atoms with van der Waals surface area (Å²) in [6, 6.07) is 8.58. The lowest BCUT2D eigenvalue weighted by Gasteiger charge is -2.39. The van der Waals surface area contributed by atoms with Gasteiger partial charge in [0.2, 0.25) is 5.91 Å². The second-order valence-corrected chi connectivity index (χ2v) is 6.53. The predicted molar refractivity (Wildman–Crippen MR) is 90.7 cm³/mol. The van der Waals surface area contributed by atoms with E-state index in [0.29, 0.717) is 25.2 Å². The number of halogens is 1. The third kappa shape index (κ3) is 3.93. The quantitative estimate of drug-likeness (QED) is 0.781. The van der Waals surface area contributed by atoms with Gasteiger partial charge in [0.05, 0.1) is 12.2 Å². The van der Waals surface area contributed by atoms with Gasteiger partial charge in [0, 0.05) is 22.2 Å². The maximum atomic E-state index is 12.2. The summed E-state index contributed by atoms with van der Waals surface area (Å²) >= 11 is 2.23. The van der Waals surface area contributed by atoms with Gasteiger partial charge >= 0.3 is 0 Å². The van der Waals surface area contributed by atoms with Crippen molar-refractivity contribution in [2.24, 2.45) is 5.73 Å². The van der Waals surface area contributed by atoms with Crippen molar-refractivity contribution < 1.29 is 4.79 Å². The lowest BCUT2D eigenvalue weighted by Crippen LogP contribution is -2.51. The molecule has 1 aliphatic heterocycles. The Bertz CT molecular complexity index is 466. The molecule has 1 fully saturated rings. The Morgan fingerprint density at radius 1 is 1.45 bits per heavy atom. The van der Waals surface area contributed by atoms with Crippen LogP contribution in [0.15, 0.2) is 24.3 Å². The smallest absolute Gasteiger partial charge is 0.238 e. The zero-order valence-corrected chi connectivity index (χ0v) is 14.0. The average Bonchev–Trinajstić information content (AvgIpc) is 2.43. The molecule has 0 saturated carbocycles. The molecule has 2 unspecified atom stereocenters. The number of rotatable bonds is 4. The number of anilines is 1. The van der Waals surface area contributed by atoms with Gasteiger partial charge in [-0.3, -0.25) is 9.69 Å². The molecule has 0 aliphatic carbocycles. The fourth-order valence-corrected chi connectivity index (χ4v) is 3.32. The minimum absolute atomic E-state index is 0.0429. The Morgan fingerprint density at radius 3 is 2.90 bits per heavy atom. The number of hydrogen-bond acceptors (Lipinski definition) is 3. The zero-order chi connectivity index (χ0) is 14.5. The van der Waals surface area contributed by atoms with Gasteiger partial charge in [-0.05, 0) is 54.5 Å². The van der Waals surface area contributed by atoms with Crippen LogP contribution in [0.25, 0.3) is 0 Å². The highest BCUT2D eigenvalue weighted by atomic mass is 127. The summed E-state index contributed by atoms with van der Waals surface area (Å²) in [4.78, 5) is 14.5. The maximum Gasteiger partial charge on any atom is 0.238 e. The zero-order valence-electron chi connectivity index (χ0n) is 11.8. The summed E-state index contributed by atoms with van der Waals surface area (Å²) in [5.74, 6) is 0.0429. The number of amides is 1. The first-order valence-corrected chi connectivity index (χ1v) is 8.20. The Morgan fingerprint density at radius 2 is 2.20 bits per heavy atom. The van der Waals surface area contributed by atoms with Gasteiger partial charge in [-0.2, -0.15) is 0 Å². The van der Waals surface area contributed by atoms with E-state index in [4.69, 9.17) is 5.73 Å². The summed E-state index contributed by atoms with van der Waals surface area (Å²) in [6.45, 7) is 3.23. The summed E-state index contributed by atoms with van der Waals surface area (Å²) in [5.41, 5.74) is 6.72. The van der Waals surface area contributed by atoms with E-state index in [1.165, 1.54) is 6.42 Å². The van der Waals surface area contributed by atoms with E-state index < -0.39 is 0 Å². The Labute approximate surface area is 134 Å². The number of nitrogens with zero attached hydrogens (tertiary/aromatic N) is 1.